The van der Waals surface area contributed by atoms with E-state index in [1.807, 2.05) is 25.1 Å². The van der Waals surface area contributed by atoms with E-state index in [0.29, 0.717) is 12.5 Å². The van der Waals surface area contributed by atoms with Crippen LogP contribution >= 0.6 is 35.6 Å². The fourth-order valence-corrected chi connectivity index (χ4v) is 2.02. The Morgan fingerprint density at radius 1 is 1.18 bits per heavy atom. The van der Waals surface area contributed by atoms with Gasteiger partial charge in [0.2, 0.25) is 0 Å². The van der Waals surface area contributed by atoms with E-state index in [4.69, 9.17) is 17.3 Å². The van der Waals surface area contributed by atoms with Crippen molar-refractivity contribution in [3.05, 3.63) is 63.9 Å². The molecule has 22 heavy (non-hydrogen) atoms. The maximum absolute atomic E-state index is 13.1. The number of hydrogen-bond acceptors (Lipinski definition) is 1. The maximum atomic E-state index is 13.1. The summed E-state index contributed by atoms with van der Waals surface area (Å²) in [6, 6.07) is 10.5. The normalized spacial score (nSPS) is 11.0. The summed E-state index contributed by atoms with van der Waals surface area (Å²) in [5.41, 5.74) is 9.92. The van der Waals surface area contributed by atoms with Crippen LogP contribution in [0, 0.1) is 19.7 Å². The summed E-state index contributed by atoms with van der Waals surface area (Å²) >= 11 is 5.72. The number of nitrogens with zero attached hydrogens (tertiary/aromatic N) is 1. The van der Waals surface area contributed by atoms with Crippen LogP contribution in [-0.4, -0.2) is 5.96 Å². The maximum Gasteiger partial charge on any atom is 0.193 e. The fraction of sp³-hybridized carbons (Fsp3) is 0.188. The molecule has 0 spiro atoms. The molecule has 0 bridgehead atoms. The number of rotatable bonds is 3. The van der Waals surface area contributed by atoms with Crippen LogP contribution in [0.4, 0.5) is 10.1 Å². The highest BCUT2D eigenvalue weighted by atomic mass is 127. The van der Waals surface area contributed by atoms with Crippen LogP contribution in [0.25, 0.3) is 0 Å². The molecule has 0 atom stereocenters. The summed E-state index contributed by atoms with van der Waals surface area (Å²) in [4.78, 5) is 4.21. The van der Waals surface area contributed by atoms with Crippen molar-refractivity contribution in [2.24, 2.45) is 10.7 Å². The zero-order valence-corrected chi connectivity index (χ0v) is 15.4. The highest BCUT2D eigenvalue weighted by Gasteiger charge is 2.01. The third kappa shape index (κ3) is 5.14. The van der Waals surface area contributed by atoms with Crippen molar-refractivity contribution in [3.8, 4) is 0 Å². The Labute approximate surface area is 151 Å². The number of aliphatic imine (C=N–C) groups is 1. The lowest BCUT2D eigenvalue weighted by Crippen LogP contribution is -2.22. The minimum Gasteiger partial charge on any atom is -0.370 e. The molecule has 0 fully saturated rings. The van der Waals surface area contributed by atoms with E-state index in [1.165, 1.54) is 17.2 Å². The van der Waals surface area contributed by atoms with Gasteiger partial charge in [0.25, 0.3) is 0 Å². The van der Waals surface area contributed by atoms with Crippen molar-refractivity contribution in [2.75, 3.05) is 5.32 Å². The monoisotopic (exact) mass is 433 g/mol. The Hall–Kier alpha value is -1.34. The molecule has 3 nitrogen and oxygen atoms in total. The molecule has 0 saturated carbocycles. The van der Waals surface area contributed by atoms with E-state index in [2.05, 4.69) is 17.2 Å². The third-order valence-corrected chi connectivity index (χ3v) is 3.48. The second-order valence-corrected chi connectivity index (χ2v) is 5.28. The highest BCUT2D eigenvalue weighted by molar-refractivity contribution is 14.0. The molecule has 0 aliphatic carbocycles. The van der Waals surface area contributed by atoms with Gasteiger partial charge >= 0.3 is 0 Å². The summed E-state index contributed by atoms with van der Waals surface area (Å²) in [7, 11) is 0. The zero-order chi connectivity index (χ0) is 15.4. The van der Waals surface area contributed by atoms with Crippen molar-refractivity contribution >= 4 is 47.2 Å². The molecule has 2 aromatic rings. The van der Waals surface area contributed by atoms with E-state index in [1.54, 1.807) is 12.1 Å². The number of halogens is 3. The van der Waals surface area contributed by atoms with E-state index >= 15 is 0 Å². The van der Waals surface area contributed by atoms with E-state index in [0.717, 1.165) is 11.3 Å². The molecule has 2 rings (SSSR count). The summed E-state index contributed by atoms with van der Waals surface area (Å²) in [6.07, 6.45) is 0. The standard InChI is InChI=1S/C16H17ClFN3.HI/c1-10-3-5-13(7-11(10)2)21-16(19)20-9-12-4-6-15(18)14(17)8-12;/h3-8H,9H2,1-2H3,(H3,19,20,21);1H. The Morgan fingerprint density at radius 3 is 2.55 bits per heavy atom. The molecule has 0 saturated heterocycles. The van der Waals surface area contributed by atoms with Gasteiger partial charge in [-0.1, -0.05) is 23.7 Å². The van der Waals surface area contributed by atoms with E-state index in [-0.39, 0.29) is 29.0 Å². The Bertz CT molecular complexity index is 689. The van der Waals surface area contributed by atoms with Gasteiger partial charge in [0.1, 0.15) is 5.82 Å². The second kappa shape index (κ2) is 8.33. The van der Waals surface area contributed by atoms with Crippen LogP contribution in [0.15, 0.2) is 41.4 Å². The van der Waals surface area contributed by atoms with Crippen LogP contribution in [0.5, 0.6) is 0 Å². The smallest absolute Gasteiger partial charge is 0.193 e. The topological polar surface area (TPSA) is 50.4 Å². The van der Waals surface area contributed by atoms with Gasteiger partial charge in [-0.15, -0.1) is 24.0 Å². The molecule has 118 valence electrons. The first-order valence-corrected chi connectivity index (χ1v) is 6.91. The quantitative estimate of drug-likeness (QED) is 0.421. The zero-order valence-electron chi connectivity index (χ0n) is 12.4. The van der Waals surface area contributed by atoms with Gasteiger partial charge in [-0.3, -0.25) is 0 Å². The van der Waals surface area contributed by atoms with Gasteiger partial charge in [0.05, 0.1) is 11.6 Å². The predicted octanol–water partition coefficient (Wildman–Crippen LogP) is 4.64. The van der Waals surface area contributed by atoms with Crippen molar-refractivity contribution in [2.45, 2.75) is 20.4 Å². The van der Waals surface area contributed by atoms with Gasteiger partial charge in [0.15, 0.2) is 5.96 Å². The summed E-state index contributed by atoms with van der Waals surface area (Å²) in [5, 5.41) is 3.11. The average molecular weight is 434 g/mol. The van der Waals surface area contributed by atoms with Gasteiger partial charge in [0, 0.05) is 5.69 Å². The number of hydrogen-bond donors (Lipinski definition) is 2. The number of nitrogens with two attached hydrogens (primary N) is 1. The van der Waals surface area contributed by atoms with Crippen molar-refractivity contribution in [3.63, 3.8) is 0 Å². The van der Waals surface area contributed by atoms with Gasteiger partial charge in [-0.2, -0.15) is 0 Å². The number of anilines is 1. The fourth-order valence-electron chi connectivity index (χ4n) is 1.82. The van der Waals surface area contributed by atoms with Gasteiger partial charge < -0.3 is 11.1 Å². The average Bonchev–Trinajstić information content (AvgIpc) is 2.44. The molecular weight excluding hydrogens is 416 g/mol. The molecule has 0 aliphatic heterocycles. The first kappa shape index (κ1) is 18.7. The largest absolute Gasteiger partial charge is 0.370 e. The van der Waals surface area contributed by atoms with Crippen LogP contribution < -0.4 is 11.1 Å². The van der Waals surface area contributed by atoms with Crippen LogP contribution in [-0.2, 0) is 6.54 Å². The van der Waals surface area contributed by atoms with E-state index in [9.17, 15) is 4.39 Å². The molecule has 0 radical (unpaired) electrons. The van der Waals surface area contributed by atoms with Gasteiger partial charge in [-0.25, -0.2) is 9.38 Å². The van der Waals surface area contributed by atoms with Crippen molar-refractivity contribution in [1.82, 2.24) is 0 Å². The van der Waals surface area contributed by atoms with Crippen LogP contribution in [0.2, 0.25) is 5.02 Å². The summed E-state index contributed by atoms with van der Waals surface area (Å²) in [5.74, 6) is -0.135. The minimum absolute atomic E-state index is 0. The summed E-state index contributed by atoms with van der Waals surface area (Å²) in [6.45, 7) is 4.42. The third-order valence-electron chi connectivity index (χ3n) is 3.20. The lowest BCUT2D eigenvalue weighted by Gasteiger charge is -2.08. The number of aryl methyl sites for hydroxylation is 2. The van der Waals surface area contributed by atoms with Crippen LogP contribution in [0.3, 0.4) is 0 Å². The first-order chi connectivity index (χ1) is 9.95. The SMILES string of the molecule is Cc1ccc(NC(N)=NCc2ccc(F)c(Cl)c2)cc1C.I. The number of guanidine groups is 1. The molecule has 0 heterocycles. The van der Waals surface area contributed by atoms with Crippen molar-refractivity contribution in [1.29, 1.82) is 0 Å². The second-order valence-electron chi connectivity index (χ2n) is 4.87. The van der Waals surface area contributed by atoms with Crippen molar-refractivity contribution < 1.29 is 4.39 Å². The Kier molecular flexibility index (Phi) is 7.09. The lowest BCUT2D eigenvalue weighted by atomic mass is 10.1. The molecular formula is C16H18ClFIN3. The summed E-state index contributed by atoms with van der Waals surface area (Å²) < 4.78 is 13.1. The van der Waals surface area contributed by atoms with Crippen LogP contribution in [0.1, 0.15) is 16.7 Å². The number of nitrogens with one attached hydrogen (secondary N) is 1. The molecule has 3 N–H and O–H groups in total. The highest BCUT2D eigenvalue weighted by Crippen LogP contribution is 2.17. The Balaban J connectivity index is 0.00000242. The molecule has 0 aromatic heterocycles. The number of benzene rings is 2. The first-order valence-electron chi connectivity index (χ1n) is 6.54. The molecule has 2 aromatic carbocycles. The molecule has 6 heteroatoms. The lowest BCUT2D eigenvalue weighted by molar-refractivity contribution is 0.627. The predicted molar refractivity (Wildman–Crippen MR) is 102 cm³/mol. The van der Waals surface area contributed by atoms with Gasteiger partial charge in [-0.05, 0) is 54.8 Å². The molecule has 0 amide bonds. The van der Waals surface area contributed by atoms with E-state index < -0.39 is 5.82 Å². The molecule has 0 unspecified atom stereocenters. The molecule has 0 aliphatic rings. The minimum atomic E-state index is -0.439. The Morgan fingerprint density at radius 2 is 1.91 bits per heavy atom.